The van der Waals surface area contributed by atoms with Gasteiger partial charge in [0.1, 0.15) is 5.82 Å². The van der Waals surface area contributed by atoms with E-state index in [-0.39, 0.29) is 0 Å². The van der Waals surface area contributed by atoms with E-state index in [2.05, 4.69) is 72.6 Å². The van der Waals surface area contributed by atoms with Gasteiger partial charge in [-0.1, -0.05) is 44.5 Å². The normalized spacial score (nSPS) is 13.4. The molecule has 0 saturated heterocycles. The molecule has 0 aliphatic heterocycles. The Morgan fingerprint density at radius 3 is 2.42 bits per heavy atom. The lowest BCUT2D eigenvalue weighted by atomic mass is 10.0. The van der Waals surface area contributed by atoms with Crippen molar-refractivity contribution in [3.05, 3.63) is 47.2 Å². The molecule has 2 rings (SSSR count). The number of benzene rings is 1. The van der Waals surface area contributed by atoms with Crippen LogP contribution in [0.2, 0.25) is 0 Å². The summed E-state index contributed by atoms with van der Waals surface area (Å²) in [6.45, 7) is 9.76. The zero-order chi connectivity index (χ0) is 18.9. The van der Waals surface area contributed by atoms with Crippen LogP contribution in [0.15, 0.2) is 30.3 Å². The molecule has 26 heavy (non-hydrogen) atoms. The number of rotatable bonds is 10. The van der Waals surface area contributed by atoms with Crippen molar-refractivity contribution >= 4 is 11.8 Å². The van der Waals surface area contributed by atoms with Crippen LogP contribution < -0.4 is 16.4 Å². The molecule has 0 aliphatic carbocycles. The maximum absolute atomic E-state index is 5.90. The standard InChI is InChI=1S/C21H33N5/c1-5-7-15(3)24-20-14-19(25-21(22)26-20)13-17-8-10-18(11-9-17)16(4)23-12-6-2/h8-11,14-16,23H,5-7,12-13H2,1-4H3,(H3,22,24,25,26)/t15-,16+/m1/s1. The van der Waals surface area contributed by atoms with E-state index in [1.165, 1.54) is 11.1 Å². The Bertz CT molecular complexity index is 669. The van der Waals surface area contributed by atoms with Gasteiger partial charge in [0.25, 0.3) is 0 Å². The second-order valence-corrected chi connectivity index (χ2v) is 7.03. The van der Waals surface area contributed by atoms with Crippen LogP contribution in [-0.4, -0.2) is 22.6 Å². The SMILES string of the molecule is CCCN[C@@H](C)c1ccc(Cc2cc(N[C@H](C)CCC)nc(N)n2)cc1. The van der Waals surface area contributed by atoms with E-state index in [1.807, 2.05) is 6.07 Å². The number of nitrogens with zero attached hydrogens (tertiary/aromatic N) is 2. The first-order valence-corrected chi connectivity index (χ1v) is 9.74. The van der Waals surface area contributed by atoms with Gasteiger partial charge >= 0.3 is 0 Å². The summed E-state index contributed by atoms with van der Waals surface area (Å²) in [7, 11) is 0. The van der Waals surface area contributed by atoms with E-state index in [9.17, 15) is 0 Å². The first kappa shape index (κ1) is 20.2. The Balaban J connectivity index is 2.04. The van der Waals surface area contributed by atoms with Crippen molar-refractivity contribution in [2.75, 3.05) is 17.6 Å². The lowest BCUT2D eigenvalue weighted by Gasteiger charge is -2.15. The third-order valence-corrected chi connectivity index (χ3v) is 4.48. The van der Waals surface area contributed by atoms with Crippen LogP contribution in [-0.2, 0) is 6.42 Å². The van der Waals surface area contributed by atoms with Crippen LogP contribution in [0.1, 0.15) is 69.8 Å². The zero-order valence-electron chi connectivity index (χ0n) is 16.5. The van der Waals surface area contributed by atoms with Gasteiger partial charge in [0.2, 0.25) is 5.95 Å². The minimum atomic E-state index is 0.322. The van der Waals surface area contributed by atoms with Crippen molar-refractivity contribution in [1.29, 1.82) is 0 Å². The Kier molecular flexibility index (Phi) is 7.85. The van der Waals surface area contributed by atoms with Crippen LogP contribution in [0.25, 0.3) is 0 Å². The number of hydrogen-bond donors (Lipinski definition) is 3. The van der Waals surface area contributed by atoms with Gasteiger partial charge in [0.05, 0.1) is 5.69 Å². The van der Waals surface area contributed by atoms with Crippen molar-refractivity contribution in [2.24, 2.45) is 0 Å². The maximum Gasteiger partial charge on any atom is 0.222 e. The number of aromatic nitrogens is 2. The summed E-state index contributed by atoms with van der Waals surface area (Å²) >= 11 is 0. The fraction of sp³-hybridized carbons (Fsp3) is 0.524. The highest BCUT2D eigenvalue weighted by molar-refractivity contribution is 5.42. The van der Waals surface area contributed by atoms with Gasteiger partial charge in [0, 0.05) is 24.6 Å². The van der Waals surface area contributed by atoms with E-state index in [4.69, 9.17) is 5.73 Å². The average Bonchev–Trinajstić information content (AvgIpc) is 2.60. The zero-order valence-corrected chi connectivity index (χ0v) is 16.5. The second-order valence-electron chi connectivity index (χ2n) is 7.03. The Labute approximate surface area is 157 Å². The minimum Gasteiger partial charge on any atom is -0.368 e. The molecule has 1 aromatic carbocycles. The summed E-state index contributed by atoms with van der Waals surface area (Å²) in [6.07, 6.45) is 4.13. The number of anilines is 2. The summed E-state index contributed by atoms with van der Waals surface area (Å²) in [5.41, 5.74) is 9.37. The third-order valence-electron chi connectivity index (χ3n) is 4.48. The summed E-state index contributed by atoms with van der Waals surface area (Å²) in [6, 6.07) is 11.5. The molecule has 0 aliphatic rings. The van der Waals surface area contributed by atoms with Crippen LogP contribution in [0, 0.1) is 0 Å². The number of hydrogen-bond acceptors (Lipinski definition) is 5. The molecule has 0 fully saturated rings. The van der Waals surface area contributed by atoms with Crippen LogP contribution in [0.3, 0.4) is 0 Å². The highest BCUT2D eigenvalue weighted by Gasteiger charge is 2.08. The van der Waals surface area contributed by atoms with Crippen molar-refractivity contribution in [1.82, 2.24) is 15.3 Å². The molecule has 1 aromatic heterocycles. The topological polar surface area (TPSA) is 75.9 Å². The van der Waals surface area contributed by atoms with Gasteiger partial charge in [-0.25, -0.2) is 4.98 Å². The quantitative estimate of drug-likeness (QED) is 0.592. The molecule has 2 aromatic rings. The first-order chi connectivity index (χ1) is 12.5. The monoisotopic (exact) mass is 355 g/mol. The smallest absolute Gasteiger partial charge is 0.222 e. The van der Waals surface area contributed by atoms with Crippen LogP contribution >= 0.6 is 0 Å². The van der Waals surface area contributed by atoms with Gasteiger partial charge in [-0.3, -0.25) is 0 Å². The molecule has 142 valence electrons. The lowest BCUT2D eigenvalue weighted by molar-refractivity contribution is 0.570. The molecule has 0 unspecified atom stereocenters. The number of nitrogens with one attached hydrogen (secondary N) is 2. The van der Waals surface area contributed by atoms with Crippen LogP contribution in [0.4, 0.5) is 11.8 Å². The number of nitrogen functional groups attached to an aromatic ring is 1. The van der Waals surface area contributed by atoms with Crippen molar-refractivity contribution < 1.29 is 0 Å². The lowest BCUT2D eigenvalue weighted by Crippen LogP contribution is -2.19. The fourth-order valence-electron chi connectivity index (χ4n) is 3.05. The summed E-state index contributed by atoms with van der Waals surface area (Å²) < 4.78 is 0. The van der Waals surface area contributed by atoms with Gasteiger partial charge in [0.15, 0.2) is 0 Å². The van der Waals surface area contributed by atoms with E-state index in [0.717, 1.165) is 43.7 Å². The fourth-order valence-corrected chi connectivity index (χ4v) is 3.05. The Hall–Kier alpha value is -2.14. The Morgan fingerprint density at radius 1 is 1.04 bits per heavy atom. The highest BCUT2D eigenvalue weighted by atomic mass is 15.1. The average molecular weight is 356 g/mol. The molecule has 0 amide bonds. The first-order valence-electron chi connectivity index (χ1n) is 9.74. The molecule has 5 nitrogen and oxygen atoms in total. The van der Waals surface area contributed by atoms with Crippen LogP contribution in [0.5, 0.6) is 0 Å². The molecule has 1 heterocycles. The van der Waals surface area contributed by atoms with E-state index in [0.29, 0.717) is 18.0 Å². The summed E-state index contributed by atoms with van der Waals surface area (Å²) in [5.74, 6) is 1.13. The predicted molar refractivity (Wildman–Crippen MR) is 110 cm³/mol. The third kappa shape index (κ3) is 6.30. The summed E-state index contributed by atoms with van der Waals surface area (Å²) in [4.78, 5) is 8.71. The number of nitrogens with two attached hydrogens (primary N) is 1. The minimum absolute atomic E-state index is 0.322. The molecule has 4 N–H and O–H groups in total. The largest absolute Gasteiger partial charge is 0.368 e. The van der Waals surface area contributed by atoms with Crippen molar-refractivity contribution in [3.63, 3.8) is 0 Å². The maximum atomic E-state index is 5.90. The molecule has 0 bridgehead atoms. The second kappa shape index (κ2) is 10.1. The molecule has 5 heteroatoms. The van der Waals surface area contributed by atoms with E-state index >= 15 is 0 Å². The molecule has 2 atom stereocenters. The predicted octanol–water partition coefficient (Wildman–Crippen LogP) is 4.31. The molecule has 0 radical (unpaired) electrons. The Morgan fingerprint density at radius 2 is 1.77 bits per heavy atom. The van der Waals surface area contributed by atoms with Gasteiger partial charge < -0.3 is 16.4 Å². The van der Waals surface area contributed by atoms with Crippen molar-refractivity contribution in [3.8, 4) is 0 Å². The molecular weight excluding hydrogens is 322 g/mol. The molecule has 0 saturated carbocycles. The summed E-state index contributed by atoms with van der Waals surface area (Å²) in [5, 5.41) is 6.93. The van der Waals surface area contributed by atoms with Gasteiger partial charge in [-0.05, 0) is 44.4 Å². The molecular formula is C21H33N5. The molecule has 0 spiro atoms. The highest BCUT2D eigenvalue weighted by Crippen LogP contribution is 2.17. The van der Waals surface area contributed by atoms with E-state index < -0.39 is 0 Å². The van der Waals surface area contributed by atoms with Gasteiger partial charge in [-0.2, -0.15) is 4.98 Å². The van der Waals surface area contributed by atoms with Gasteiger partial charge in [-0.15, -0.1) is 0 Å². The van der Waals surface area contributed by atoms with Crippen molar-refractivity contribution in [2.45, 2.75) is 65.5 Å². The van der Waals surface area contributed by atoms with E-state index in [1.54, 1.807) is 0 Å².